The second kappa shape index (κ2) is 6.42. The monoisotopic (exact) mass is 339 g/mol. The standard InChI is InChI=1S/C19H18BrN/c1-14(18-8-4-5-9-19(18)20)21-13-15-10-11-16-6-2-3-7-17(16)12-15/h2-12,14,21H,13H2,1H3. The predicted molar refractivity (Wildman–Crippen MR) is 93.3 cm³/mol. The molecule has 0 spiro atoms. The molecule has 2 heteroatoms. The van der Waals surface area contributed by atoms with Crippen molar-refractivity contribution in [3.8, 4) is 0 Å². The fraction of sp³-hybridized carbons (Fsp3) is 0.158. The average Bonchev–Trinajstić information content (AvgIpc) is 2.53. The van der Waals surface area contributed by atoms with Crippen LogP contribution in [0.1, 0.15) is 24.1 Å². The Kier molecular flexibility index (Phi) is 4.37. The fourth-order valence-electron chi connectivity index (χ4n) is 2.56. The molecule has 0 amide bonds. The van der Waals surface area contributed by atoms with E-state index in [-0.39, 0.29) is 0 Å². The molecule has 0 fully saturated rings. The van der Waals surface area contributed by atoms with E-state index in [0.717, 1.165) is 11.0 Å². The van der Waals surface area contributed by atoms with E-state index < -0.39 is 0 Å². The molecule has 0 aliphatic carbocycles. The van der Waals surface area contributed by atoms with Gasteiger partial charge >= 0.3 is 0 Å². The Labute approximate surface area is 134 Å². The maximum Gasteiger partial charge on any atom is 0.0306 e. The minimum atomic E-state index is 0.312. The summed E-state index contributed by atoms with van der Waals surface area (Å²) in [5.41, 5.74) is 2.60. The summed E-state index contributed by atoms with van der Waals surface area (Å²) in [6, 6.07) is 23.8. The second-order valence-electron chi connectivity index (χ2n) is 5.31. The van der Waals surface area contributed by atoms with Crippen molar-refractivity contribution in [2.45, 2.75) is 19.5 Å². The van der Waals surface area contributed by atoms with Crippen molar-refractivity contribution in [2.75, 3.05) is 0 Å². The Morgan fingerprint density at radius 1 is 0.905 bits per heavy atom. The molecule has 0 heterocycles. The molecular weight excluding hydrogens is 322 g/mol. The first-order valence-electron chi connectivity index (χ1n) is 7.19. The first kappa shape index (κ1) is 14.3. The Balaban J connectivity index is 1.73. The van der Waals surface area contributed by atoms with E-state index in [1.807, 2.05) is 6.07 Å². The zero-order chi connectivity index (χ0) is 14.7. The van der Waals surface area contributed by atoms with Crippen LogP contribution in [0.4, 0.5) is 0 Å². The summed E-state index contributed by atoms with van der Waals surface area (Å²) in [7, 11) is 0. The molecule has 1 unspecified atom stereocenters. The Hall–Kier alpha value is -1.64. The molecule has 1 N–H and O–H groups in total. The van der Waals surface area contributed by atoms with E-state index in [1.165, 1.54) is 21.9 Å². The van der Waals surface area contributed by atoms with E-state index in [0.29, 0.717) is 6.04 Å². The lowest BCUT2D eigenvalue weighted by Crippen LogP contribution is -2.18. The summed E-state index contributed by atoms with van der Waals surface area (Å²) < 4.78 is 1.16. The highest BCUT2D eigenvalue weighted by Crippen LogP contribution is 2.23. The van der Waals surface area contributed by atoms with Crippen molar-refractivity contribution in [1.29, 1.82) is 0 Å². The molecule has 0 aliphatic rings. The summed E-state index contributed by atoms with van der Waals surface area (Å²) in [6.45, 7) is 3.06. The van der Waals surface area contributed by atoms with Crippen molar-refractivity contribution < 1.29 is 0 Å². The van der Waals surface area contributed by atoms with E-state index in [2.05, 4.69) is 88.8 Å². The third-order valence-corrected chi connectivity index (χ3v) is 4.52. The largest absolute Gasteiger partial charge is 0.306 e. The van der Waals surface area contributed by atoms with Crippen molar-refractivity contribution >= 4 is 26.7 Å². The zero-order valence-electron chi connectivity index (χ0n) is 12.0. The maximum atomic E-state index is 3.62. The highest BCUT2D eigenvalue weighted by atomic mass is 79.9. The molecule has 0 aromatic heterocycles. The Bertz CT molecular complexity index is 751. The summed E-state index contributed by atoms with van der Waals surface area (Å²) in [5, 5.41) is 6.18. The number of hydrogen-bond acceptors (Lipinski definition) is 1. The summed E-state index contributed by atoms with van der Waals surface area (Å²) >= 11 is 3.62. The lowest BCUT2D eigenvalue weighted by atomic mass is 10.1. The van der Waals surface area contributed by atoms with Crippen LogP contribution in [0.2, 0.25) is 0 Å². The number of benzene rings is 3. The predicted octanol–water partition coefficient (Wildman–Crippen LogP) is 5.45. The van der Waals surface area contributed by atoms with E-state index in [4.69, 9.17) is 0 Å². The minimum absolute atomic E-state index is 0.312. The molecule has 1 nitrogen and oxygen atoms in total. The van der Waals surface area contributed by atoms with Gasteiger partial charge in [0.15, 0.2) is 0 Å². The lowest BCUT2D eigenvalue weighted by Gasteiger charge is -2.16. The first-order valence-corrected chi connectivity index (χ1v) is 7.99. The van der Waals surface area contributed by atoms with Gasteiger partial charge < -0.3 is 5.32 Å². The van der Waals surface area contributed by atoms with Gasteiger partial charge in [-0.1, -0.05) is 70.5 Å². The molecule has 3 rings (SSSR count). The minimum Gasteiger partial charge on any atom is -0.306 e. The summed E-state index contributed by atoms with van der Waals surface area (Å²) in [4.78, 5) is 0. The van der Waals surface area contributed by atoms with Gasteiger partial charge in [0.05, 0.1) is 0 Å². The molecule has 0 bridgehead atoms. The molecule has 0 saturated carbocycles. The Morgan fingerprint density at radius 2 is 1.62 bits per heavy atom. The molecule has 0 radical (unpaired) electrons. The molecule has 106 valence electrons. The molecule has 0 aliphatic heterocycles. The van der Waals surface area contributed by atoms with Crippen LogP contribution in [-0.4, -0.2) is 0 Å². The molecule has 3 aromatic carbocycles. The van der Waals surface area contributed by atoms with Crippen LogP contribution < -0.4 is 5.32 Å². The summed E-state index contributed by atoms with van der Waals surface area (Å²) in [5.74, 6) is 0. The number of fused-ring (bicyclic) bond motifs is 1. The highest BCUT2D eigenvalue weighted by Gasteiger charge is 2.08. The number of halogens is 1. The van der Waals surface area contributed by atoms with Crippen LogP contribution in [-0.2, 0) is 6.54 Å². The van der Waals surface area contributed by atoms with E-state index >= 15 is 0 Å². The van der Waals surface area contributed by atoms with Crippen LogP contribution >= 0.6 is 15.9 Å². The van der Waals surface area contributed by atoms with Crippen LogP contribution in [0, 0.1) is 0 Å². The topological polar surface area (TPSA) is 12.0 Å². The SMILES string of the molecule is CC(NCc1ccc2ccccc2c1)c1ccccc1Br. The normalized spacial score (nSPS) is 12.5. The van der Waals surface area contributed by atoms with Crippen molar-refractivity contribution in [3.05, 3.63) is 82.3 Å². The number of nitrogens with one attached hydrogen (secondary N) is 1. The van der Waals surface area contributed by atoms with Gasteiger partial charge in [-0.3, -0.25) is 0 Å². The molecular formula is C19H18BrN. The van der Waals surface area contributed by atoms with Gasteiger partial charge in [0.2, 0.25) is 0 Å². The molecule has 0 saturated heterocycles. The van der Waals surface area contributed by atoms with Crippen LogP contribution in [0.15, 0.2) is 71.2 Å². The highest BCUT2D eigenvalue weighted by molar-refractivity contribution is 9.10. The van der Waals surface area contributed by atoms with Crippen LogP contribution in [0.3, 0.4) is 0 Å². The third-order valence-electron chi connectivity index (χ3n) is 3.80. The van der Waals surface area contributed by atoms with Gasteiger partial charge in [-0.05, 0) is 41.0 Å². The van der Waals surface area contributed by atoms with Gasteiger partial charge in [-0.2, -0.15) is 0 Å². The third kappa shape index (κ3) is 3.34. The van der Waals surface area contributed by atoms with Crippen molar-refractivity contribution in [1.82, 2.24) is 5.32 Å². The lowest BCUT2D eigenvalue weighted by molar-refractivity contribution is 0.573. The first-order chi connectivity index (χ1) is 10.2. The van der Waals surface area contributed by atoms with Crippen LogP contribution in [0.5, 0.6) is 0 Å². The molecule has 1 atom stereocenters. The van der Waals surface area contributed by atoms with Gasteiger partial charge in [0.1, 0.15) is 0 Å². The fourth-order valence-corrected chi connectivity index (χ4v) is 3.18. The van der Waals surface area contributed by atoms with E-state index in [1.54, 1.807) is 0 Å². The van der Waals surface area contributed by atoms with Gasteiger partial charge in [-0.15, -0.1) is 0 Å². The molecule has 21 heavy (non-hydrogen) atoms. The molecule has 3 aromatic rings. The van der Waals surface area contributed by atoms with Gasteiger partial charge in [0, 0.05) is 17.1 Å². The summed E-state index contributed by atoms with van der Waals surface area (Å²) in [6.07, 6.45) is 0. The van der Waals surface area contributed by atoms with Gasteiger partial charge in [0.25, 0.3) is 0 Å². The zero-order valence-corrected chi connectivity index (χ0v) is 13.6. The maximum absolute atomic E-state index is 3.62. The quantitative estimate of drug-likeness (QED) is 0.666. The van der Waals surface area contributed by atoms with Crippen molar-refractivity contribution in [3.63, 3.8) is 0 Å². The van der Waals surface area contributed by atoms with Crippen LogP contribution in [0.25, 0.3) is 10.8 Å². The number of hydrogen-bond donors (Lipinski definition) is 1. The smallest absolute Gasteiger partial charge is 0.0306 e. The van der Waals surface area contributed by atoms with Crippen molar-refractivity contribution in [2.24, 2.45) is 0 Å². The second-order valence-corrected chi connectivity index (χ2v) is 6.16. The average molecular weight is 340 g/mol. The Morgan fingerprint density at radius 3 is 2.43 bits per heavy atom. The van der Waals surface area contributed by atoms with E-state index in [9.17, 15) is 0 Å². The van der Waals surface area contributed by atoms with Gasteiger partial charge in [-0.25, -0.2) is 0 Å². The number of rotatable bonds is 4.